The molecule has 0 spiro atoms. The van der Waals surface area contributed by atoms with E-state index in [1.54, 1.807) is 18.2 Å². The van der Waals surface area contributed by atoms with Gasteiger partial charge in [-0.05, 0) is 25.6 Å². The minimum atomic E-state index is -0.253. The van der Waals surface area contributed by atoms with Crippen molar-refractivity contribution in [3.8, 4) is 11.3 Å². The molecule has 0 saturated carbocycles. The van der Waals surface area contributed by atoms with Gasteiger partial charge in [0.25, 0.3) is 5.91 Å². The van der Waals surface area contributed by atoms with Crippen molar-refractivity contribution in [1.82, 2.24) is 15.8 Å². The summed E-state index contributed by atoms with van der Waals surface area (Å²) in [6.07, 6.45) is 0. The third-order valence-corrected chi connectivity index (χ3v) is 3.21. The minimum Gasteiger partial charge on any atom is -0.355 e. The van der Waals surface area contributed by atoms with Crippen molar-refractivity contribution in [3.05, 3.63) is 41.0 Å². The van der Waals surface area contributed by atoms with Crippen LogP contribution in [0.25, 0.3) is 11.3 Å². The van der Waals surface area contributed by atoms with Crippen LogP contribution in [0.2, 0.25) is 5.02 Å². The van der Waals surface area contributed by atoms with Crippen LogP contribution in [-0.4, -0.2) is 30.2 Å². The molecule has 1 aromatic heterocycles. The maximum atomic E-state index is 12.0. The highest BCUT2D eigenvalue weighted by atomic mass is 35.5. The first-order chi connectivity index (χ1) is 10.1. The zero-order chi connectivity index (χ0) is 15.2. The molecule has 0 aliphatic carbocycles. The van der Waals surface area contributed by atoms with Crippen LogP contribution >= 0.6 is 11.6 Å². The average molecular weight is 308 g/mol. The molecule has 6 heteroatoms. The van der Waals surface area contributed by atoms with E-state index < -0.39 is 0 Å². The smallest absolute Gasteiger partial charge is 0.273 e. The molecule has 0 bridgehead atoms. The summed E-state index contributed by atoms with van der Waals surface area (Å²) >= 11 is 5.93. The number of hydrogen-bond donors (Lipinski definition) is 2. The van der Waals surface area contributed by atoms with E-state index in [0.29, 0.717) is 17.3 Å². The molecular weight excluding hydrogens is 290 g/mol. The van der Waals surface area contributed by atoms with Crippen molar-refractivity contribution in [2.45, 2.75) is 19.9 Å². The molecule has 2 N–H and O–H groups in total. The number of benzene rings is 1. The van der Waals surface area contributed by atoms with E-state index >= 15 is 0 Å². The predicted molar refractivity (Wildman–Crippen MR) is 82.4 cm³/mol. The zero-order valence-electron chi connectivity index (χ0n) is 12.0. The molecule has 0 fully saturated rings. The summed E-state index contributed by atoms with van der Waals surface area (Å²) in [6, 6.07) is 9.02. The topological polar surface area (TPSA) is 67.2 Å². The first-order valence-electron chi connectivity index (χ1n) is 6.84. The highest BCUT2D eigenvalue weighted by molar-refractivity contribution is 6.30. The summed E-state index contributed by atoms with van der Waals surface area (Å²) in [5, 5.41) is 10.4. The van der Waals surface area contributed by atoms with Gasteiger partial charge < -0.3 is 15.2 Å². The number of likely N-dealkylation sites (N-methyl/N-ethyl adjacent to an activating group) is 1. The molecule has 0 unspecified atom stereocenters. The fraction of sp³-hybridized carbons (Fsp3) is 0.333. The van der Waals surface area contributed by atoms with E-state index in [9.17, 15) is 4.79 Å². The van der Waals surface area contributed by atoms with Crippen LogP contribution in [-0.2, 0) is 0 Å². The highest BCUT2D eigenvalue weighted by Gasteiger charge is 2.14. The third kappa shape index (κ3) is 4.31. The molecule has 0 saturated heterocycles. The number of halogens is 1. The zero-order valence-corrected chi connectivity index (χ0v) is 12.8. The van der Waals surface area contributed by atoms with Crippen LogP contribution in [0.4, 0.5) is 0 Å². The lowest BCUT2D eigenvalue weighted by Gasteiger charge is -2.12. The summed E-state index contributed by atoms with van der Waals surface area (Å²) in [5.41, 5.74) is 1.05. The van der Waals surface area contributed by atoms with Crippen molar-refractivity contribution in [3.63, 3.8) is 0 Å². The maximum absolute atomic E-state index is 12.0. The Hall–Kier alpha value is -1.85. The highest BCUT2D eigenvalue weighted by Crippen LogP contribution is 2.23. The Morgan fingerprint density at radius 2 is 2.24 bits per heavy atom. The molecular formula is C15H18ClN3O2. The van der Waals surface area contributed by atoms with Crippen LogP contribution in [0.3, 0.4) is 0 Å². The standard InChI is InChI=1S/C15H18ClN3O2/c1-3-17-10(2)9-18-15(20)13-8-14(21-19-13)11-5-4-6-12(16)7-11/h4-8,10,17H,3,9H2,1-2H3,(H,18,20)/t10-/m1/s1. The van der Waals surface area contributed by atoms with Gasteiger partial charge in [0.2, 0.25) is 0 Å². The number of aromatic nitrogens is 1. The Kier molecular flexibility index (Phi) is 5.36. The fourth-order valence-electron chi connectivity index (χ4n) is 1.92. The summed E-state index contributed by atoms with van der Waals surface area (Å²) in [7, 11) is 0. The SMILES string of the molecule is CCN[C@H](C)CNC(=O)c1cc(-c2cccc(Cl)c2)on1. The Bertz CT molecular complexity index is 612. The molecule has 2 rings (SSSR count). The van der Waals surface area contributed by atoms with Gasteiger partial charge in [0, 0.05) is 29.2 Å². The normalized spacial score (nSPS) is 12.1. The van der Waals surface area contributed by atoms with Crippen LogP contribution in [0.5, 0.6) is 0 Å². The summed E-state index contributed by atoms with van der Waals surface area (Å²) < 4.78 is 5.20. The minimum absolute atomic E-state index is 0.207. The van der Waals surface area contributed by atoms with Crippen molar-refractivity contribution in [2.75, 3.05) is 13.1 Å². The summed E-state index contributed by atoms with van der Waals surface area (Å²) in [5.74, 6) is 0.263. The fourth-order valence-corrected chi connectivity index (χ4v) is 2.11. The van der Waals surface area contributed by atoms with Crippen LogP contribution in [0, 0.1) is 0 Å². The molecule has 5 nitrogen and oxygen atoms in total. The van der Waals surface area contributed by atoms with E-state index in [1.807, 2.05) is 26.0 Å². The van der Waals surface area contributed by atoms with Gasteiger partial charge in [-0.2, -0.15) is 0 Å². The van der Waals surface area contributed by atoms with Crippen molar-refractivity contribution in [2.24, 2.45) is 0 Å². The first-order valence-corrected chi connectivity index (χ1v) is 7.22. The van der Waals surface area contributed by atoms with Gasteiger partial charge >= 0.3 is 0 Å². The molecule has 0 aliphatic rings. The van der Waals surface area contributed by atoms with Gasteiger partial charge in [-0.15, -0.1) is 0 Å². The Morgan fingerprint density at radius 1 is 1.43 bits per heavy atom. The molecule has 0 aliphatic heterocycles. The molecule has 1 amide bonds. The van der Waals surface area contributed by atoms with Gasteiger partial charge in [0.1, 0.15) is 0 Å². The van der Waals surface area contributed by atoms with Crippen LogP contribution in [0.1, 0.15) is 24.3 Å². The van der Waals surface area contributed by atoms with Gasteiger partial charge in [0.15, 0.2) is 11.5 Å². The second-order valence-electron chi connectivity index (χ2n) is 4.76. The van der Waals surface area contributed by atoms with Gasteiger partial charge in [0.05, 0.1) is 0 Å². The second-order valence-corrected chi connectivity index (χ2v) is 5.19. The number of rotatable bonds is 6. The number of nitrogens with zero attached hydrogens (tertiary/aromatic N) is 1. The molecule has 1 aromatic carbocycles. The van der Waals surface area contributed by atoms with Gasteiger partial charge in [-0.3, -0.25) is 4.79 Å². The maximum Gasteiger partial charge on any atom is 0.273 e. The third-order valence-electron chi connectivity index (χ3n) is 2.97. The summed E-state index contributed by atoms with van der Waals surface area (Å²) in [6.45, 7) is 5.42. The van der Waals surface area contributed by atoms with E-state index in [4.69, 9.17) is 16.1 Å². The van der Waals surface area contributed by atoms with Gasteiger partial charge in [-0.25, -0.2) is 0 Å². The van der Waals surface area contributed by atoms with Crippen LogP contribution < -0.4 is 10.6 Å². The lowest BCUT2D eigenvalue weighted by atomic mass is 10.1. The molecule has 21 heavy (non-hydrogen) atoms. The molecule has 112 valence electrons. The molecule has 1 atom stereocenters. The first kappa shape index (κ1) is 15.5. The number of carbonyl (C=O) groups is 1. The van der Waals surface area contributed by atoms with E-state index in [0.717, 1.165) is 12.1 Å². The van der Waals surface area contributed by atoms with Gasteiger partial charge in [-0.1, -0.05) is 35.8 Å². The van der Waals surface area contributed by atoms with Crippen molar-refractivity contribution < 1.29 is 9.32 Å². The lowest BCUT2D eigenvalue weighted by molar-refractivity contribution is 0.0941. The van der Waals surface area contributed by atoms with Crippen molar-refractivity contribution >= 4 is 17.5 Å². The quantitative estimate of drug-likeness (QED) is 0.861. The number of carbonyl (C=O) groups excluding carboxylic acids is 1. The van der Waals surface area contributed by atoms with E-state index in [2.05, 4.69) is 15.8 Å². The number of hydrogen-bond acceptors (Lipinski definition) is 4. The average Bonchev–Trinajstić information content (AvgIpc) is 2.95. The Morgan fingerprint density at radius 3 is 2.95 bits per heavy atom. The Labute approximate surface area is 128 Å². The number of amides is 1. The number of nitrogens with one attached hydrogen (secondary N) is 2. The lowest BCUT2D eigenvalue weighted by Crippen LogP contribution is -2.38. The second kappa shape index (κ2) is 7.24. The molecule has 0 radical (unpaired) electrons. The monoisotopic (exact) mass is 307 g/mol. The summed E-state index contributed by atoms with van der Waals surface area (Å²) in [4.78, 5) is 12.0. The largest absolute Gasteiger partial charge is 0.355 e. The Balaban J connectivity index is 2.01. The van der Waals surface area contributed by atoms with Crippen LogP contribution in [0.15, 0.2) is 34.9 Å². The van der Waals surface area contributed by atoms with E-state index in [1.165, 1.54) is 0 Å². The van der Waals surface area contributed by atoms with E-state index in [-0.39, 0.29) is 17.6 Å². The molecule has 2 aromatic rings. The predicted octanol–water partition coefficient (Wildman–Crippen LogP) is 2.72. The van der Waals surface area contributed by atoms with Crippen molar-refractivity contribution in [1.29, 1.82) is 0 Å². The molecule has 1 heterocycles.